The number of aldehydes is 1. The van der Waals surface area contributed by atoms with E-state index < -0.39 is 0 Å². The quantitative estimate of drug-likeness (QED) is 0.784. The maximum absolute atomic E-state index is 10.6. The largest absolute Gasteiger partial charge is 0.305 e. The van der Waals surface area contributed by atoms with Gasteiger partial charge in [0, 0.05) is 12.4 Å². The fraction of sp³-hybridized carbons (Fsp3) is 0.273. The number of hydrogen-bond acceptors (Lipinski definition) is 2. The van der Waals surface area contributed by atoms with E-state index in [-0.39, 0.29) is 0 Å². The zero-order valence-electron chi connectivity index (χ0n) is 8.57. The second-order valence-electron chi connectivity index (χ2n) is 3.79. The average molecular weight is 267 g/mol. The number of aromatic nitrogens is 2. The van der Waals surface area contributed by atoms with E-state index in [9.17, 15) is 4.79 Å². The predicted molar refractivity (Wildman–Crippen MR) is 62.4 cm³/mol. The molecule has 2 rings (SSSR count). The molecule has 0 atom stereocenters. The molecule has 0 fully saturated rings. The number of halogens is 1. The third-order valence-corrected chi connectivity index (χ3v) is 2.92. The monoisotopic (exact) mass is 266 g/mol. The van der Waals surface area contributed by atoms with E-state index in [2.05, 4.69) is 34.8 Å². The highest BCUT2D eigenvalue weighted by molar-refractivity contribution is 9.10. The molecule has 2 aromatic rings. The number of fused-ring (bicyclic) bond motifs is 1. The van der Waals surface area contributed by atoms with Gasteiger partial charge < -0.3 is 4.40 Å². The van der Waals surface area contributed by atoms with E-state index in [0.717, 1.165) is 16.4 Å². The highest BCUT2D eigenvalue weighted by Gasteiger charge is 2.08. The zero-order chi connectivity index (χ0) is 11.0. The molecule has 4 heteroatoms. The summed E-state index contributed by atoms with van der Waals surface area (Å²) in [5.41, 5.74) is 2.45. The summed E-state index contributed by atoms with van der Waals surface area (Å²) in [5, 5.41) is 0. The van der Waals surface area contributed by atoms with Gasteiger partial charge in [-0.1, -0.05) is 13.8 Å². The summed E-state index contributed by atoms with van der Waals surface area (Å²) in [4.78, 5) is 14.8. The summed E-state index contributed by atoms with van der Waals surface area (Å²) in [5.74, 6) is 0.452. The van der Waals surface area contributed by atoms with E-state index in [1.54, 1.807) is 6.20 Å². The summed E-state index contributed by atoms with van der Waals surface area (Å²) in [6.07, 6.45) is 4.50. The zero-order valence-corrected chi connectivity index (χ0v) is 10.2. The fourth-order valence-electron chi connectivity index (χ4n) is 1.47. The molecule has 0 N–H and O–H groups in total. The van der Waals surface area contributed by atoms with Gasteiger partial charge in [0.15, 0.2) is 11.9 Å². The number of carbonyl (C=O) groups is 1. The molecule has 0 aliphatic heterocycles. The number of imidazole rings is 1. The molecule has 0 unspecified atom stereocenters. The SMILES string of the molecule is CC(C)c1cc(Br)c2nc(C=O)cn2c1. The number of carbonyl (C=O) groups excluding carboxylic acids is 1. The molecule has 0 aromatic carbocycles. The number of pyridine rings is 1. The van der Waals surface area contributed by atoms with E-state index in [1.165, 1.54) is 5.56 Å². The summed E-state index contributed by atoms with van der Waals surface area (Å²) >= 11 is 3.46. The Morgan fingerprint density at radius 1 is 1.47 bits per heavy atom. The van der Waals surface area contributed by atoms with Crippen molar-refractivity contribution in [2.45, 2.75) is 19.8 Å². The van der Waals surface area contributed by atoms with Gasteiger partial charge in [0.2, 0.25) is 0 Å². The number of rotatable bonds is 2. The van der Waals surface area contributed by atoms with Crippen molar-refractivity contribution in [3.8, 4) is 0 Å². The lowest BCUT2D eigenvalue weighted by Gasteiger charge is -2.06. The van der Waals surface area contributed by atoms with Crippen LogP contribution in [0.1, 0.15) is 35.8 Å². The summed E-state index contributed by atoms with van der Waals surface area (Å²) in [7, 11) is 0. The Morgan fingerprint density at radius 2 is 2.20 bits per heavy atom. The molecular formula is C11H11BrN2O. The molecule has 0 saturated carbocycles. The molecule has 0 spiro atoms. The van der Waals surface area contributed by atoms with Gasteiger partial charge in [0.25, 0.3) is 0 Å². The Bertz CT molecular complexity index is 517. The lowest BCUT2D eigenvalue weighted by atomic mass is 10.1. The van der Waals surface area contributed by atoms with Crippen molar-refractivity contribution in [1.29, 1.82) is 0 Å². The molecule has 0 aliphatic rings. The van der Waals surface area contributed by atoms with Crippen molar-refractivity contribution in [3.05, 3.63) is 34.2 Å². The molecule has 0 saturated heterocycles. The molecule has 0 bridgehead atoms. The van der Waals surface area contributed by atoms with E-state index in [4.69, 9.17) is 0 Å². The first-order valence-electron chi connectivity index (χ1n) is 4.75. The average Bonchev–Trinajstić information content (AvgIpc) is 2.61. The predicted octanol–water partition coefficient (Wildman–Crippen LogP) is 3.03. The summed E-state index contributed by atoms with van der Waals surface area (Å²) in [6.45, 7) is 4.26. The normalized spacial score (nSPS) is 11.2. The van der Waals surface area contributed by atoms with E-state index in [1.807, 2.05) is 16.7 Å². The number of nitrogens with zero attached hydrogens (tertiary/aromatic N) is 2. The molecule has 78 valence electrons. The van der Waals surface area contributed by atoms with Crippen LogP contribution in [0.25, 0.3) is 5.65 Å². The van der Waals surface area contributed by atoms with Crippen molar-refractivity contribution in [1.82, 2.24) is 9.38 Å². The molecule has 0 amide bonds. The van der Waals surface area contributed by atoms with Crippen LogP contribution < -0.4 is 0 Å². The molecule has 3 nitrogen and oxygen atoms in total. The van der Waals surface area contributed by atoms with Crippen molar-refractivity contribution < 1.29 is 4.79 Å². The van der Waals surface area contributed by atoms with Gasteiger partial charge in [-0.25, -0.2) is 4.98 Å². The maximum Gasteiger partial charge on any atom is 0.170 e. The van der Waals surface area contributed by atoms with Crippen molar-refractivity contribution >= 4 is 27.9 Å². The third kappa shape index (κ3) is 1.81. The van der Waals surface area contributed by atoms with Crippen molar-refractivity contribution in [2.24, 2.45) is 0 Å². The Labute approximate surface area is 96.3 Å². The van der Waals surface area contributed by atoms with Gasteiger partial charge in [-0.2, -0.15) is 0 Å². The minimum atomic E-state index is 0.452. The number of hydrogen-bond donors (Lipinski definition) is 0. The Morgan fingerprint density at radius 3 is 2.80 bits per heavy atom. The maximum atomic E-state index is 10.6. The smallest absolute Gasteiger partial charge is 0.170 e. The topological polar surface area (TPSA) is 34.4 Å². The van der Waals surface area contributed by atoms with E-state index >= 15 is 0 Å². The van der Waals surface area contributed by atoms with Crippen LogP contribution in [0.15, 0.2) is 22.9 Å². The van der Waals surface area contributed by atoms with Crippen LogP contribution in [0, 0.1) is 0 Å². The molecule has 0 radical (unpaired) electrons. The van der Waals surface area contributed by atoms with Gasteiger partial charge in [-0.3, -0.25) is 4.79 Å². The minimum Gasteiger partial charge on any atom is -0.305 e. The first kappa shape index (κ1) is 10.4. The highest BCUT2D eigenvalue weighted by Crippen LogP contribution is 2.23. The van der Waals surface area contributed by atoms with E-state index in [0.29, 0.717) is 11.6 Å². The van der Waals surface area contributed by atoms with Crippen LogP contribution in [0.2, 0.25) is 0 Å². The third-order valence-electron chi connectivity index (χ3n) is 2.33. The first-order chi connectivity index (χ1) is 7.11. The van der Waals surface area contributed by atoms with Gasteiger partial charge in [-0.05, 0) is 33.5 Å². The molecule has 15 heavy (non-hydrogen) atoms. The summed E-state index contributed by atoms with van der Waals surface area (Å²) in [6, 6.07) is 2.04. The first-order valence-corrected chi connectivity index (χ1v) is 5.54. The van der Waals surface area contributed by atoms with Crippen molar-refractivity contribution in [3.63, 3.8) is 0 Å². The standard InChI is InChI=1S/C11H11BrN2O/c1-7(2)8-3-10(12)11-13-9(6-15)5-14(11)4-8/h3-7H,1-2H3. The van der Waals surface area contributed by atoms with Crippen LogP contribution >= 0.6 is 15.9 Å². The van der Waals surface area contributed by atoms with Gasteiger partial charge >= 0.3 is 0 Å². The lowest BCUT2D eigenvalue weighted by Crippen LogP contribution is -1.92. The molecular weight excluding hydrogens is 256 g/mol. The molecule has 2 heterocycles. The Balaban J connectivity index is 2.70. The van der Waals surface area contributed by atoms with Crippen LogP contribution in [0.3, 0.4) is 0 Å². The van der Waals surface area contributed by atoms with Gasteiger partial charge in [0.05, 0.1) is 4.47 Å². The van der Waals surface area contributed by atoms with Gasteiger partial charge in [0.1, 0.15) is 5.69 Å². The fourth-order valence-corrected chi connectivity index (χ4v) is 2.03. The van der Waals surface area contributed by atoms with Crippen LogP contribution in [-0.4, -0.2) is 15.7 Å². The second-order valence-corrected chi connectivity index (χ2v) is 4.64. The molecule has 0 aliphatic carbocycles. The summed E-state index contributed by atoms with van der Waals surface area (Å²) < 4.78 is 2.80. The van der Waals surface area contributed by atoms with Gasteiger partial charge in [-0.15, -0.1) is 0 Å². The van der Waals surface area contributed by atoms with Crippen molar-refractivity contribution in [2.75, 3.05) is 0 Å². The molecule has 2 aromatic heterocycles. The van der Waals surface area contributed by atoms with Crippen LogP contribution in [-0.2, 0) is 0 Å². The minimum absolute atomic E-state index is 0.452. The van der Waals surface area contributed by atoms with Crippen LogP contribution in [0.4, 0.5) is 0 Å². The lowest BCUT2D eigenvalue weighted by molar-refractivity contribution is 0.111. The van der Waals surface area contributed by atoms with Crippen LogP contribution in [0.5, 0.6) is 0 Å². The second kappa shape index (κ2) is 3.77. The Kier molecular flexibility index (Phi) is 2.61. The highest BCUT2D eigenvalue weighted by atomic mass is 79.9. The Hall–Kier alpha value is -1.16.